The summed E-state index contributed by atoms with van der Waals surface area (Å²) in [4.78, 5) is 0. The number of aliphatic hydroxyl groups excluding tert-OH is 4. The van der Waals surface area contributed by atoms with Crippen molar-refractivity contribution in [2.75, 3.05) is 5.33 Å². The van der Waals surface area contributed by atoms with Crippen LogP contribution in [-0.2, 0) is 4.74 Å². The molecule has 0 aromatic rings. The van der Waals surface area contributed by atoms with Gasteiger partial charge in [0, 0.05) is 5.33 Å². The lowest BCUT2D eigenvalue weighted by Gasteiger charge is -2.37. The van der Waals surface area contributed by atoms with Crippen LogP contribution in [-0.4, -0.2) is 56.5 Å². The molecule has 1 fully saturated rings. The molecule has 1 unspecified atom stereocenters. The molecule has 0 radical (unpaired) electrons. The maximum Gasteiger partial charge on any atom is 0.183 e. The molecular weight excluding hydrogens is 232 g/mol. The highest BCUT2D eigenvalue weighted by Crippen LogP contribution is 2.20. The van der Waals surface area contributed by atoms with Gasteiger partial charge < -0.3 is 25.2 Å². The number of alkyl halides is 1. The topological polar surface area (TPSA) is 90.2 Å². The number of hydrogen-bond acceptors (Lipinski definition) is 5. The third-order valence-corrected chi connectivity index (χ3v) is 2.48. The van der Waals surface area contributed by atoms with E-state index >= 15 is 0 Å². The molecule has 72 valence electrons. The van der Waals surface area contributed by atoms with Crippen LogP contribution in [0.4, 0.5) is 0 Å². The van der Waals surface area contributed by atoms with E-state index in [-0.39, 0.29) is 5.33 Å². The Morgan fingerprint density at radius 2 is 1.58 bits per heavy atom. The molecule has 5 atom stereocenters. The predicted octanol–water partition coefficient (Wildman–Crippen LogP) is -1.82. The molecular formula is C6H11BrO5. The quantitative estimate of drug-likeness (QED) is 0.407. The first-order valence-electron chi connectivity index (χ1n) is 3.51. The molecule has 0 bridgehead atoms. The Morgan fingerprint density at radius 1 is 1.00 bits per heavy atom. The third kappa shape index (κ3) is 1.78. The highest BCUT2D eigenvalue weighted by molar-refractivity contribution is 9.09. The van der Waals surface area contributed by atoms with Crippen LogP contribution in [0.25, 0.3) is 0 Å². The second-order valence-corrected chi connectivity index (χ2v) is 3.34. The summed E-state index contributed by atoms with van der Waals surface area (Å²) in [7, 11) is 0. The number of hydrogen-bond donors (Lipinski definition) is 4. The van der Waals surface area contributed by atoms with Crippen molar-refractivity contribution in [3.8, 4) is 0 Å². The predicted molar refractivity (Wildman–Crippen MR) is 42.7 cm³/mol. The fraction of sp³-hybridized carbons (Fsp3) is 1.00. The van der Waals surface area contributed by atoms with Crippen molar-refractivity contribution in [1.82, 2.24) is 0 Å². The first-order chi connectivity index (χ1) is 5.57. The first-order valence-corrected chi connectivity index (χ1v) is 4.63. The lowest BCUT2D eigenvalue weighted by Crippen LogP contribution is -2.57. The SMILES string of the molecule is OC1O[C@H](CBr)[C@@H](O)[C@H](O)[C@@H]1O. The summed E-state index contributed by atoms with van der Waals surface area (Å²) in [6.07, 6.45) is -6.13. The Bertz CT molecular complexity index is 150. The summed E-state index contributed by atoms with van der Waals surface area (Å²) in [6.45, 7) is 0. The van der Waals surface area contributed by atoms with Crippen molar-refractivity contribution in [3.05, 3.63) is 0 Å². The van der Waals surface area contributed by atoms with Crippen LogP contribution in [0.3, 0.4) is 0 Å². The molecule has 1 saturated heterocycles. The number of aliphatic hydroxyl groups is 4. The van der Waals surface area contributed by atoms with E-state index in [1.807, 2.05) is 0 Å². The average Bonchev–Trinajstić information content (AvgIpc) is 2.08. The van der Waals surface area contributed by atoms with Crippen LogP contribution in [0.1, 0.15) is 0 Å². The lowest BCUT2D eigenvalue weighted by molar-refractivity contribution is -0.276. The van der Waals surface area contributed by atoms with Gasteiger partial charge in [0.25, 0.3) is 0 Å². The van der Waals surface area contributed by atoms with E-state index in [9.17, 15) is 5.11 Å². The minimum absolute atomic E-state index is 0.287. The Morgan fingerprint density at radius 3 is 2.08 bits per heavy atom. The lowest BCUT2D eigenvalue weighted by atomic mass is 10.0. The van der Waals surface area contributed by atoms with Crippen molar-refractivity contribution < 1.29 is 25.2 Å². The second-order valence-electron chi connectivity index (χ2n) is 2.69. The normalized spacial score (nSPS) is 49.2. The van der Waals surface area contributed by atoms with E-state index in [4.69, 9.17) is 20.1 Å². The summed E-state index contributed by atoms with van der Waals surface area (Å²) in [5.74, 6) is 0. The van der Waals surface area contributed by atoms with Crippen LogP contribution in [0.15, 0.2) is 0 Å². The number of halogens is 1. The first kappa shape index (κ1) is 10.4. The van der Waals surface area contributed by atoms with Gasteiger partial charge in [0.2, 0.25) is 0 Å². The largest absolute Gasteiger partial charge is 0.388 e. The van der Waals surface area contributed by atoms with Gasteiger partial charge in [-0.3, -0.25) is 0 Å². The molecule has 1 rings (SSSR count). The average molecular weight is 243 g/mol. The van der Waals surface area contributed by atoms with Crippen LogP contribution in [0, 0.1) is 0 Å². The molecule has 1 aliphatic heterocycles. The number of ether oxygens (including phenoxy) is 1. The standard InChI is InChI=1S/C6H11BrO5/c7-1-2-3(8)4(9)5(10)6(11)12-2/h2-6,8-11H,1H2/t2-,3-,4+,5+,6?/m1/s1. The minimum atomic E-state index is -1.45. The smallest absolute Gasteiger partial charge is 0.183 e. The fourth-order valence-electron chi connectivity index (χ4n) is 1.06. The van der Waals surface area contributed by atoms with Gasteiger partial charge in [-0.25, -0.2) is 0 Å². The Kier molecular flexibility index (Phi) is 3.45. The van der Waals surface area contributed by atoms with Gasteiger partial charge >= 0.3 is 0 Å². The molecule has 5 nitrogen and oxygen atoms in total. The Labute approximate surface area is 77.7 Å². The Hall–Kier alpha value is 0.280. The molecule has 0 aromatic carbocycles. The summed E-state index contributed by atoms with van der Waals surface area (Å²) >= 11 is 3.04. The summed E-state index contributed by atoms with van der Waals surface area (Å²) < 4.78 is 4.78. The van der Waals surface area contributed by atoms with Gasteiger partial charge in [-0.2, -0.15) is 0 Å². The molecule has 12 heavy (non-hydrogen) atoms. The van der Waals surface area contributed by atoms with E-state index in [1.54, 1.807) is 0 Å². The van der Waals surface area contributed by atoms with Crippen molar-refractivity contribution in [3.63, 3.8) is 0 Å². The van der Waals surface area contributed by atoms with E-state index in [0.717, 1.165) is 0 Å². The third-order valence-electron chi connectivity index (χ3n) is 1.84. The van der Waals surface area contributed by atoms with Gasteiger partial charge in [-0.1, -0.05) is 15.9 Å². The maximum atomic E-state index is 9.25. The van der Waals surface area contributed by atoms with Crippen molar-refractivity contribution in [2.24, 2.45) is 0 Å². The molecule has 1 heterocycles. The van der Waals surface area contributed by atoms with E-state index < -0.39 is 30.7 Å². The molecule has 6 heteroatoms. The van der Waals surface area contributed by atoms with Crippen molar-refractivity contribution in [1.29, 1.82) is 0 Å². The van der Waals surface area contributed by atoms with Crippen molar-refractivity contribution >= 4 is 15.9 Å². The summed E-state index contributed by atoms with van der Waals surface area (Å²) in [5.41, 5.74) is 0. The summed E-state index contributed by atoms with van der Waals surface area (Å²) in [5, 5.41) is 36.7. The fourth-order valence-corrected chi connectivity index (χ4v) is 1.59. The van der Waals surface area contributed by atoms with Gasteiger partial charge in [0.05, 0.1) is 6.10 Å². The molecule has 0 saturated carbocycles. The van der Waals surface area contributed by atoms with Crippen LogP contribution in [0.2, 0.25) is 0 Å². The second kappa shape index (κ2) is 3.99. The zero-order valence-electron chi connectivity index (χ0n) is 6.17. The number of rotatable bonds is 1. The van der Waals surface area contributed by atoms with E-state index in [1.165, 1.54) is 0 Å². The van der Waals surface area contributed by atoms with Crippen LogP contribution in [0.5, 0.6) is 0 Å². The van der Waals surface area contributed by atoms with Crippen LogP contribution >= 0.6 is 15.9 Å². The zero-order valence-corrected chi connectivity index (χ0v) is 7.75. The molecule has 0 aromatic heterocycles. The molecule has 0 spiro atoms. The Balaban J connectivity index is 2.63. The zero-order chi connectivity index (χ0) is 9.30. The van der Waals surface area contributed by atoms with E-state index in [0.29, 0.717) is 0 Å². The van der Waals surface area contributed by atoms with Gasteiger partial charge in [-0.05, 0) is 0 Å². The monoisotopic (exact) mass is 242 g/mol. The van der Waals surface area contributed by atoms with Crippen molar-refractivity contribution in [2.45, 2.75) is 30.7 Å². The van der Waals surface area contributed by atoms with Crippen LogP contribution < -0.4 is 0 Å². The minimum Gasteiger partial charge on any atom is -0.388 e. The molecule has 4 N–H and O–H groups in total. The summed E-state index contributed by atoms with van der Waals surface area (Å²) in [6, 6.07) is 0. The molecule has 0 aliphatic carbocycles. The van der Waals surface area contributed by atoms with Gasteiger partial charge in [0.15, 0.2) is 6.29 Å². The highest BCUT2D eigenvalue weighted by atomic mass is 79.9. The molecule has 0 amide bonds. The van der Waals surface area contributed by atoms with Gasteiger partial charge in [-0.15, -0.1) is 0 Å². The molecule has 1 aliphatic rings. The maximum absolute atomic E-state index is 9.25. The van der Waals surface area contributed by atoms with E-state index in [2.05, 4.69) is 15.9 Å². The van der Waals surface area contributed by atoms with Gasteiger partial charge in [0.1, 0.15) is 18.3 Å². The highest BCUT2D eigenvalue weighted by Gasteiger charge is 2.42.